The normalized spacial score (nSPS) is 15.4. The first-order chi connectivity index (χ1) is 12.7. The summed E-state index contributed by atoms with van der Waals surface area (Å²) in [5, 5.41) is 10.4. The average molecular weight is 428 g/mol. The Morgan fingerprint density at radius 2 is 1.88 bits per heavy atom. The summed E-state index contributed by atoms with van der Waals surface area (Å²) in [4.78, 5) is 2.35. The van der Waals surface area contributed by atoms with Gasteiger partial charge in [-0.15, -0.1) is 22.0 Å². The second kappa shape index (κ2) is 10.8. The fourth-order valence-corrected chi connectivity index (χ4v) is 6.36. The highest BCUT2D eigenvalue weighted by atomic mass is 32.2. The van der Waals surface area contributed by atoms with Crippen molar-refractivity contribution in [2.24, 2.45) is 0 Å². The van der Waals surface area contributed by atoms with Gasteiger partial charge in [-0.1, -0.05) is 42.0 Å². The maximum atomic E-state index is 4.55. The van der Waals surface area contributed by atoms with Crippen LogP contribution in [-0.2, 0) is 0 Å². The lowest BCUT2D eigenvalue weighted by atomic mass is 10.1. The Bertz CT molecular complexity index is 712. The van der Waals surface area contributed by atoms with E-state index in [1.54, 1.807) is 11.3 Å². The Morgan fingerprint density at radius 3 is 2.62 bits per heavy atom. The summed E-state index contributed by atoms with van der Waals surface area (Å²) >= 11 is 6.73. The van der Waals surface area contributed by atoms with Crippen LogP contribution in [0.2, 0.25) is 0 Å². The van der Waals surface area contributed by atoms with Crippen LogP contribution in [0.5, 0.6) is 0 Å². The number of likely N-dealkylation sites (N-methyl/N-ethyl adjacent to an activating group) is 1. The fourth-order valence-electron chi connectivity index (χ4n) is 2.76. The predicted molar refractivity (Wildman–Crippen MR) is 115 cm³/mol. The molecule has 2 aromatic heterocycles. The van der Waals surface area contributed by atoms with Crippen LogP contribution in [0.1, 0.15) is 42.8 Å². The van der Waals surface area contributed by atoms with Gasteiger partial charge >= 0.3 is 0 Å². The summed E-state index contributed by atoms with van der Waals surface area (Å²) in [6, 6.07) is 0. The summed E-state index contributed by atoms with van der Waals surface area (Å²) in [6.07, 6.45) is 8.49. The minimum absolute atomic E-state index is 0.991. The Labute approximate surface area is 172 Å². The fraction of sp³-hybridized carbons (Fsp3) is 0.647. The zero-order valence-electron chi connectivity index (χ0n) is 15.3. The molecule has 0 saturated heterocycles. The molecule has 0 saturated carbocycles. The number of nitrogens with zero attached hydrogens (tertiary/aromatic N) is 5. The molecule has 142 valence electrons. The number of aromatic nitrogens is 4. The standard InChI is InChI=1S/C17H25N5S4/c1-13-18-19-17(25-13)24-11-6-4-3-5-10-23-16-15(20-26-21-16)14-8-7-9-22(2)12-14/h8H,3-7,9-12H2,1-2H3. The first-order valence-corrected chi connectivity index (χ1v) is 12.5. The largest absolute Gasteiger partial charge is 0.302 e. The van der Waals surface area contributed by atoms with Gasteiger partial charge in [0, 0.05) is 18.8 Å². The van der Waals surface area contributed by atoms with Crippen LogP contribution >= 0.6 is 46.6 Å². The van der Waals surface area contributed by atoms with Crippen molar-refractivity contribution in [1.29, 1.82) is 0 Å². The number of aryl methyl sites for hydroxylation is 1. The highest BCUT2D eigenvalue weighted by molar-refractivity contribution is 8.01. The van der Waals surface area contributed by atoms with Crippen molar-refractivity contribution in [1.82, 2.24) is 23.8 Å². The van der Waals surface area contributed by atoms with E-state index in [0.717, 1.165) is 51.1 Å². The van der Waals surface area contributed by atoms with Gasteiger partial charge in [0.05, 0.1) is 11.7 Å². The number of hydrogen-bond donors (Lipinski definition) is 0. The Kier molecular flexibility index (Phi) is 8.38. The number of hydrogen-bond acceptors (Lipinski definition) is 9. The first kappa shape index (κ1) is 20.3. The van der Waals surface area contributed by atoms with Gasteiger partial charge < -0.3 is 4.90 Å². The third-order valence-corrected chi connectivity index (χ3v) is 7.87. The molecule has 0 bridgehead atoms. The summed E-state index contributed by atoms with van der Waals surface area (Å²) in [5.41, 5.74) is 2.47. The van der Waals surface area contributed by atoms with Gasteiger partial charge in [0.2, 0.25) is 0 Å². The molecule has 1 aliphatic heterocycles. The highest BCUT2D eigenvalue weighted by Gasteiger charge is 2.17. The molecule has 0 aliphatic carbocycles. The van der Waals surface area contributed by atoms with E-state index in [4.69, 9.17) is 0 Å². The summed E-state index contributed by atoms with van der Waals surface area (Å²) < 4.78 is 10.2. The molecule has 0 aromatic carbocycles. The van der Waals surface area contributed by atoms with Crippen molar-refractivity contribution >= 4 is 52.2 Å². The quantitative estimate of drug-likeness (QED) is 0.396. The van der Waals surface area contributed by atoms with Gasteiger partial charge in [-0.25, -0.2) is 0 Å². The molecule has 0 unspecified atom stereocenters. The molecule has 1 aliphatic rings. The molecule has 0 N–H and O–H groups in total. The number of thioether (sulfide) groups is 2. The Morgan fingerprint density at radius 1 is 1.08 bits per heavy atom. The molecule has 3 rings (SSSR count). The van der Waals surface area contributed by atoms with Crippen molar-refractivity contribution in [3.63, 3.8) is 0 Å². The molecule has 0 atom stereocenters. The van der Waals surface area contributed by atoms with E-state index in [1.807, 2.05) is 30.4 Å². The van der Waals surface area contributed by atoms with Gasteiger partial charge in [0.25, 0.3) is 0 Å². The lowest BCUT2D eigenvalue weighted by molar-refractivity contribution is 0.372. The molecule has 0 radical (unpaired) electrons. The molecule has 0 fully saturated rings. The van der Waals surface area contributed by atoms with E-state index in [9.17, 15) is 0 Å². The van der Waals surface area contributed by atoms with E-state index in [1.165, 1.54) is 43.0 Å². The van der Waals surface area contributed by atoms with Crippen LogP contribution in [0.4, 0.5) is 0 Å². The van der Waals surface area contributed by atoms with Gasteiger partial charge in [-0.05, 0) is 44.6 Å². The predicted octanol–water partition coefficient (Wildman–Crippen LogP) is 4.86. The Balaban J connectivity index is 1.30. The van der Waals surface area contributed by atoms with E-state index in [0.29, 0.717) is 0 Å². The van der Waals surface area contributed by atoms with E-state index < -0.39 is 0 Å². The summed E-state index contributed by atoms with van der Waals surface area (Å²) in [7, 11) is 2.17. The van der Waals surface area contributed by atoms with Crippen LogP contribution < -0.4 is 0 Å². The maximum absolute atomic E-state index is 4.55. The molecule has 9 heteroatoms. The summed E-state index contributed by atoms with van der Waals surface area (Å²) in [6.45, 7) is 4.14. The van der Waals surface area contributed by atoms with E-state index in [-0.39, 0.29) is 0 Å². The van der Waals surface area contributed by atoms with Gasteiger partial charge in [0.15, 0.2) is 4.34 Å². The van der Waals surface area contributed by atoms with E-state index in [2.05, 4.69) is 37.0 Å². The molecule has 0 spiro atoms. The molecular weight excluding hydrogens is 402 g/mol. The van der Waals surface area contributed by atoms with Crippen LogP contribution in [0.15, 0.2) is 15.4 Å². The minimum atomic E-state index is 0.991. The highest BCUT2D eigenvalue weighted by Crippen LogP contribution is 2.29. The molecule has 26 heavy (non-hydrogen) atoms. The van der Waals surface area contributed by atoms with Crippen LogP contribution in [0.25, 0.3) is 5.57 Å². The second-order valence-electron chi connectivity index (χ2n) is 6.37. The van der Waals surface area contributed by atoms with Crippen LogP contribution in [0, 0.1) is 6.92 Å². The van der Waals surface area contributed by atoms with Crippen LogP contribution in [-0.4, -0.2) is 55.5 Å². The Hall–Kier alpha value is -0.480. The van der Waals surface area contributed by atoms with Crippen molar-refractivity contribution in [2.45, 2.75) is 48.4 Å². The molecule has 5 nitrogen and oxygen atoms in total. The third kappa shape index (κ3) is 6.30. The number of unbranched alkanes of at least 4 members (excludes halogenated alkanes) is 3. The summed E-state index contributed by atoms with van der Waals surface area (Å²) in [5.74, 6) is 2.27. The van der Waals surface area contributed by atoms with Crippen LogP contribution in [0.3, 0.4) is 0 Å². The van der Waals surface area contributed by atoms with Gasteiger partial charge in [-0.2, -0.15) is 8.75 Å². The topological polar surface area (TPSA) is 54.8 Å². The third-order valence-electron chi connectivity index (χ3n) is 4.11. The monoisotopic (exact) mass is 427 g/mol. The van der Waals surface area contributed by atoms with Crippen molar-refractivity contribution in [3.8, 4) is 0 Å². The van der Waals surface area contributed by atoms with Gasteiger partial charge in [-0.3, -0.25) is 0 Å². The second-order valence-corrected chi connectivity index (χ2v) is 10.5. The smallest absolute Gasteiger partial charge is 0.174 e. The zero-order chi connectivity index (χ0) is 18.2. The first-order valence-electron chi connectivity index (χ1n) is 8.98. The van der Waals surface area contributed by atoms with Crippen molar-refractivity contribution in [2.75, 3.05) is 31.6 Å². The lowest BCUT2D eigenvalue weighted by Gasteiger charge is -2.22. The van der Waals surface area contributed by atoms with Crippen molar-refractivity contribution < 1.29 is 0 Å². The molecular formula is C17H25N5S4. The maximum Gasteiger partial charge on any atom is 0.174 e. The minimum Gasteiger partial charge on any atom is -0.302 e. The molecule has 0 amide bonds. The SMILES string of the molecule is Cc1nnc(SCCCCCCSc2nsnc2C2=CCCN(C)C2)s1. The van der Waals surface area contributed by atoms with Gasteiger partial charge in [0.1, 0.15) is 15.7 Å². The number of rotatable bonds is 10. The molecule has 3 heterocycles. The zero-order valence-corrected chi connectivity index (χ0v) is 18.6. The van der Waals surface area contributed by atoms with E-state index >= 15 is 0 Å². The average Bonchev–Trinajstić information content (AvgIpc) is 3.26. The van der Waals surface area contributed by atoms with Crippen molar-refractivity contribution in [3.05, 3.63) is 16.8 Å². The molecule has 2 aromatic rings. The lowest BCUT2D eigenvalue weighted by Crippen LogP contribution is -2.25.